The summed E-state index contributed by atoms with van der Waals surface area (Å²) in [6, 6.07) is 16.9. The number of hydrogen-bond acceptors (Lipinski definition) is 4. The van der Waals surface area contributed by atoms with Gasteiger partial charge in [0.1, 0.15) is 0 Å². The van der Waals surface area contributed by atoms with Crippen molar-refractivity contribution >= 4 is 29.5 Å². The lowest BCUT2D eigenvalue weighted by Gasteiger charge is -2.15. The molecule has 2 aliphatic heterocycles. The average Bonchev–Trinajstić information content (AvgIpc) is 3.22. The van der Waals surface area contributed by atoms with Crippen molar-refractivity contribution in [3.63, 3.8) is 0 Å². The van der Waals surface area contributed by atoms with E-state index in [9.17, 15) is 9.59 Å². The van der Waals surface area contributed by atoms with Crippen molar-refractivity contribution in [3.05, 3.63) is 71.4 Å². The first-order valence-electron chi connectivity index (χ1n) is 8.19. The van der Waals surface area contributed by atoms with Crippen LogP contribution in [0.15, 0.2) is 65.3 Å². The van der Waals surface area contributed by atoms with Gasteiger partial charge in [-0.2, -0.15) is 0 Å². The molecule has 0 spiro atoms. The molecule has 4 rings (SSSR count). The van der Waals surface area contributed by atoms with Gasteiger partial charge < -0.3 is 9.64 Å². The van der Waals surface area contributed by atoms with Gasteiger partial charge in [0.05, 0.1) is 0 Å². The van der Waals surface area contributed by atoms with Gasteiger partial charge in [-0.1, -0.05) is 30.3 Å². The molecule has 5 nitrogen and oxygen atoms in total. The van der Waals surface area contributed by atoms with Crippen molar-refractivity contribution in [3.8, 4) is 0 Å². The molecule has 0 N–H and O–H groups in total. The van der Waals surface area contributed by atoms with Gasteiger partial charge in [-0.25, -0.2) is 9.79 Å². The Kier molecular flexibility index (Phi) is 3.90. The van der Waals surface area contributed by atoms with Gasteiger partial charge >= 0.3 is 5.97 Å². The summed E-state index contributed by atoms with van der Waals surface area (Å²) in [5, 5.41) is 0. The molecular formula is C20H16N2O3. The Bertz CT molecular complexity index is 883. The molecular weight excluding hydrogens is 316 g/mol. The Morgan fingerprint density at radius 1 is 1.00 bits per heavy atom. The number of anilines is 1. The second-order valence-electron chi connectivity index (χ2n) is 5.94. The highest BCUT2D eigenvalue weighted by atomic mass is 16.6. The van der Waals surface area contributed by atoms with Crippen LogP contribution in [0.2, 0.25) is 0 Å². The van der Waals surface area contributed by atoms with Crippen molar-refractivity contribution < 1.29 is 14.3 Å². The van der Waals surface area contributed by atoms with Crippen LogP contribution in [0.1, 0.15) is 24.0 Å². The van der Waals surface area contributed by atoms with Gasteiger partial charge in [-0.05, 0) is 42.3 Å². The lowest BCUT2D eigenvalue weighted by atomic mass is 10.2. The predicted octanol–water partition coefficient (Wildman–Crippen LogP) is 3.16. The molecule has 2 aliphatic rings. The summed E-state index contributed by atoms with van der Waals surface area (Å²) in [6.45, 7) is 0.748. The quantitative estimate of drug-likeness (QED) is 0.641. The molecule has 1 amide bonds. The number of benzene rings is 2. The maximum atomic E-state index is 12.0. The van der Waals surface area contributed by atoms with Crippen molar-refractivity contribution in [1.82, 2.24) is 0 Å². The second-order valence-corrected chi connectivity index (χ2v) is 5.94. The van der Waals surface area contributed by atoms with E-state index in [0.29, 0.717) is 12.0 Å². The van der Waals surface area contributed by atoms with Crippen LogP contribution in [0.3, 0.4) is 0 Å². The maximum absolute atomic E-state index is 12.0. The molecule has 0 saturated carbocycles. The van der Waals surface area contributed by atoms with Gasteiger partial charge in [0.15, 0.2) is 5.70 Å². The van der Waals surface area contributed by atoms with Crippen molar-refractivity contribution in [2.45, 2.75) is 12.8 Å². The fraction of sp³-hybridized carbons (Fsp3) is 0.150. The smallest absolute Gasteiger partial charge is 0.363 e. The molecule has 0 atom stereocenters. The van der Waals surface area contributed by atoms with Crippen LogP contribution in [-0.4, -0.2) is 24.3 Å². The van der Waals surface area contributed by atoms with E-state index in [1.165, 1.54) is 0 Å². The number of cyclic esters (lactones) is 1. The minimum atomic E-state index is -0.461. The van der Waals surface area contributed by atoms with Crippen molar-refractivity contribution in [2.24, 2.45) is 4.99 Å². The maximum Gasteiger partial charge on any atom is 0.363 e. The molecule has 2 heterocycles. The fourth-order valence-corrected chi connectivity index (χ4v) is 2.94. The van der Waals surface area contributed by atoms with E-state index in [2.05, 4.69) is 4.99 Å². The van der Waals surface area contributed by atoms with E-state index in [1.807, 2.05) is 54.6 Å². The molecule has 0 radical (unpaired) electrons. The standard InChI is InChI=1S/C20H16N2O3/c23-18-7-4-12-22(18)16-10-8-15(9-11-16)19-21-17(20(24)25-19)13-14-5-2-1-3-6-14/h1-3,5-6,8-11,13H,4,7,12H2/b17-13-. The number of nitrogens with zero attached hydrogens (tertiary/aromatic N) is 2. The molecule has 2 aromatic carbocycles. The Morgan fingerprint density at radius 2 is 1.76 bits per heavy atom. The van der Waals surface area contributed by atoms with E-state index in [4.69, 9.17) is 4.74 Å². The fourth-order valence-electron chi connectivity index (χ4n) is 2.94. The molecule has 25 heavy (non-hydrogen) atoms. The molecule has 1 saturated heterocycles. The summed E-state index contributed by atoms with van der Waals surface area (Å²) in [4.78, 5) is 29.9. The van der Waals surface area contributed by atoms with E-state index in [0.717, 1.165) is 24.2 Å². The molecule has 0 aliphatic carbocycles. The Hall–Kier alpha value is -3.21. The molecule has 2 aromatic rings. The number of carbonyl (C=O) groups is 2. The number of aliphatic imine (C=N–C) groups is 1. The predicted molar refractivity (Wildman–Crippen MR) is 95.1 cm³/mol. The lowest BCUT2D eigenvalue weighted by molar-refractivity contribution is -0.130. The zero-order valence-corrected chi connectivity index (χ0v) is 13.5. The monoisotopic (exact) mass is 332 g/mol. The molecule has 1 fully saturated rings. The zero-order chi connectivity index (χ0) is 17.2. The highest BCUT2D eigenvalue weighted by Crippen LogP contribution is 2.24. The summed E-state index contributed by atoms with van der Waals surface area (Å²) in [7, 11) is 0. The van der Waals surface area contributed by atoms with E-state index < -0.39 is 5.97 Å². The van der Waals surface area contributed by atoms with Crippen LogP contribution in [0.4, 0.5) is 5.69 Å². The second kappa shape index (κ2) is 6.36. The molecule has 0 aromatic heterocycles. The number of rotatable bonds is 3. The first-order valence-corrected chi connectivity index (χ1v) is 8.19. The third-order valence-corrected chi connectivity index (χ3v) is 4.22. The highest BCUT2D eigenvalue weighted by molar-refractivity contribution is 6.13. The first kappa shape index (κ1) is 15.3. The van der Waals surface area contributed by atoms with Gasteiger partial charge in [0.2, 0.25) is 11.8 Å². The Morgan fingerprint density at radius 3 is 2.44 bits per heavy atom. The third kappa shape index (κ3) is 3.08. The Labute approximate surface area is 145 Å². The minimum Gasteiger partial charge on any atom is -0.402 e. The molecule has 124 valence electrons. The normalized spacial score (nSPS) is 18.6. The first-order chi connectivity index (χ1) is 12.2. The lowest BCUT2D eigenvalue weighted by Crippen LogP contribution is -2.23. The number of amides is 1. The summed E-state index contributed by atoms with van der Waals surface area (Å²) in [5.41, 5.74) is 2.73. The summed E-state index contributed by atoms with van der Waals surface area (Å²) < 4.78 is 5.28. The topological polar surface area (TPSA) is 59.0 Å². The highest BCUT2D eigenvalue weighted by Gasteiger charge is 2.25. The number of ether oxygens (including phenoxy) is 1. The molecule has 0 unspecified atom stereocenters. The van der Waals surface area contributed by atoms with Gasteiger partial charge in [0.25, 0.3) is 0 Å². The molecule has 0 bridgehead atoms. The van der Waals surface area contributed by atoms with E-state index in [-0.39, 0.29) is 17.5 Å². The van der Waals surface area contributed by atoms with Gasteiger partial charge in [-0.3, -0.25) is 4.79 Å². The number of esters is 1. The Balaban J connectivity index is 1.58. The van der Waals surface area contributed by atoms with Crippen molar-refractivity contribution in [2.75, 3.05) is 11.4 Å². The minimum absolute atomic E-state index is 0.144. The van der Waals surface area contributed by atoms with Crippen LogP contribution in [0.25, 0.3) is 6.08 Å². The summed E-state index contributed by atoms with van der Waals surface area (Å²) >= 11 is 0. The van der Waals surface area contributed by atoms with Crippen LogP contribution in [0, 0.1) is 0 Å². The van der Waals surface area contributed by atoms with Crippen LogP contribution in [-0.2, 0) is 14.3 Å². The number of hydrogen-bond donors (Lipinski definition) is 0. The summed E-state index contributed by atoms with van der Waals surface area (Å²) in [6.07, 6.45) is 3.19. The van der Waals surface area contributed by atoms with E-state index in [1.54, 1.807) is 11.0 Å². The summed E-state index contributed by atoms with van der Waals surface area (Å²) in [5.74, 6) is -0.0328. The SMILES string of the molecule is O=C1OC(c2ccc(N3CCCC3=O)cc2)=N/C1=C\c1ccccc1. The zero-order valence-electron chi connectivity index (χ0n) is 13.5. The van der Waals surface area contributed by atoms with Gasteiger partial charge in [-0.15, -0.1) is 0 Å². The van der Waals surface area contributed by atoms with E-state index >= 15 is 0 Å². The number of carbonyl (C=O) groups excluding carboxylic acids is 2. The van der Waals surface area contributed by atoms with Crippen molar-refractivity contribution in [1.29, 1.82) is 0 Å². The van der Waals surface area contributed by atoms with Crippen LogP contribution < -0.4 is 4.90 Å². The van der Waals surface area contributed by atoms with Gasteiger partial charge in [0, 0.05) is 24.2 Å². The third-order valence-electron chi connectivity index (χ3n) is 4.22. The average molecular weight is 332 g/mol. The van der Waals surface area contributed by atoms with Crippen LogP contribution >= 0.6 is 0 Å². The molecule has 5 heteroatoms. The largest absolute Gasteiger partial charge is 0.402 e. The van der Waals surface area contributed by atoms with Crippen LogP contribution in [0.5, 0.6) is 0 Å².